The third-order valence-electron chi connectivity index (χ3n) is 3.28. The molecule has 25 heavy (non-hydrogen) atoms. The van der Waals surface area contributed by atoms with E-state index in [-0.39, 0.29) is 12.3 Å². The molecule has 0 unspecified atom stereocenters. The van der Waals surface area contributed by atoms with Gasteiger partial charge in [-0.25, -0.2) is 4.98 Å². The number of anilines is 1. The number of carbonyl (C=O) groups excluding carboxylic acids is 1. The van der Waals surface area contributed by atoms with Crippen LogP contribution in [0, 0.1) is 0 Å². The highest BCUT2D eigenvalue weighted by Gasteiger charge is 2.09. The zero-order chi connectivity index (χ0) is 17.6. The maximum absolute atomic E-state index is 12.1. The highest BCUT2D eigenvalue weighted by atomic mass is 35.5. The Labute approximate surface area is 164 Å². The van der Waals surface area contributed by atoms with Crippen molar-refractivity contribution in [1.82, 2.24) is 4.98 Å². The van der Waals surface area contributed by atoms with Gasteiger partial charge >= 0.3 is 0 Å². The van der Waals surface area contributed by atoms with Crippen molar-refractivity contribution in [3.8, 4) is 0 Å². The van der Waals surface area contributed by atoms with Gasteiger partial charge in [-0.2, -0.15) is 0 Å². The summed E-state index contributed by atoms with van der Waals surface area (Å²) in [6.07, 6.45) is 0.251. The second-order valence-electron chi connectivity index (χ2n) is 5.25. The number of thiazole rings is 1. The summed E-state index contributed by atoms with van der Waals surface area (Å²) in [6.45, 7) is 0. The Morgan fingerprint density at radius 2 is 1.68 bits per heavy atom. The van der Waals surface area contributed by atoms with Crippen LogP contribution in [-0.4, -0.2) is 10.9 Å². The molecule has 0 aliphatic carbocycles. The van der Waals surface area contributed by atoms with Crippen LogP contribution in [0.4, 0.5) is 5.69 Å². The SMILES string of the molecule is O=C(Cc1csc(SCc2ccc(Cl)cc2)n1)Nc1ccc(Cl)cc1. The van der Waals surface area contributed by atoms with Gasteiger partial charge in [0.25, 0.3) is 0 Å². The number of hydrogen-bond acceptors (Lipinski definition) is 4. The molecule has 0 radical (unpaired) electrons. The first-order valence-corrected chi connectivity index (χ1v) is 10.1. The number of thioether (sulfide) groups is 1. The molecule has 3 nitrogen and oxygen atoms in total. The Balaban J connectivity index is 1.51. The lowest BCUT2D eigenvalue weighted by Gasteiger charge is -2.03. The van der Waals surface area contributed by atoms with Gasteiger partial charge in [-0.05, 0) is 42.0 Å². The molecule has 1 heterocycles. The number of rotatable bonds is 6. The van der Waals surface area contributed by atoms with Crippen LogP contribution in [0.25, 0.3) is 0 Å². The molecule has 0 aliphatic heterocycles. The van der Waals surface area contributed by atoms with Crippen LogP contribution in [0.1, 0.15) is 11.3 Å². The number of amides is 1. The van der Waals surface area contributed by atoms with E-state index in [2.05, 4.69) is 10.3 Å². The van der Waals surface area contributed by atoms with E-state index in [1.165, 1.54) is 5.56 Å². The van der Waals surface area contributed by atoms with Gasteiger partial charge < -0.3 is 5.32 Å². The van der Waals surface area contributed by atoms with Gasteiger partial charge in [0.2, 0.25) is 5.91 Å². The van der Waals surface area contributed by atoms with Gasteiger partial charge in [0, 0.05) is 26.9 Å². The molecule has 3 rings (SSSR count). The van der Waals surface area contributed by atoms with Crippen LogP contribution in [-0.2, 0) is 17.0 Å². The summed E-state index contributed by atoms with van der Waals surface area (Å²) in [5.74, 6) is 0.725. The van der Waals surface area contributed by atoms with E-state index in [1.807, 2.05) is 29.6 Å². The fourth-order valence-electron chi connectivity index (χ4n) is 2.06. The molecule has 1 amide bonds. The first-order valence-electron chi connectivity index (χ1n) is 7.45. The summed E-state index contributed by atoms with van der Waals surface area (Å²) in [6, 6.07) is 14.8. The summed E-state index contributed by atoms with van der Waals surface area (Å²) in [7, 11) is 0. The third kappa shape index (κ3) is 5.75. The molecule has 0 aliphatic rings. The molecule has 1 aromatic heterocycles. The molecular weight excluding hydrogens is 395 g/mol. The zero-order valence-corrected chi connectivity index (χ0v) is 16.2. The zero-order valence-electron chi connectivity index (χ0n) is 13.0. The third-order valence-corrected chi connectivity index (χ3v) is 5.92. The van der Waals surface area contributed by atoms with Gasteiger partial charge in [0.15, 0.2) is 0 Å². The van der Waals surface area contributed by atoms with Crippen LogP contribution in [0.5, 0.6) is 0 Å². The van der Waals surface area contributed by atoms with Crippen molar-refractivity contribution in [3.63, 3.8) is 0 Å². The number of benzene rings is 2. The molecule has 2 aromatic carbocycles. The van der Waals surface area contributed by atoms with E-state index in [1.54, 1.807) is 47.4 Å². The molecular formula is C18H14Cl2N2OS2. The Morgan fingerprint density at radius 3 is 2.36 bits per heavy atom. The molecule has 7 heteroatoms. The van der Waals surface area contributed by atoms with Gasteiger partial charge in [-0.1, -0.05) is 47.1 Å². The number of nitrogens with one attached hydrogen (secondary N) is 1. The quantitative estimate of drug-likeness (QED) is 0.514. The lowest BCUT2D eigenvalue weighted by molar-refractivity contribution is -0.115. The van der Waals surface area contributed by atoms with E-state index >= 15 is 0 Å². The molecule has 0 saturated heterocycles. The predicted molar refractivity (Wildman–Crippen MR) is 107 cm³/mol. The molecule has 0 fully saturated rings. The van der Waals surface area contributed by atoms with Gasteiger partial charge in [-0.15, -0.1) is 11.3 Å². The fourth-order valence-corrected chi connectivity index (χ4v) is 4.12. The van der Waals surface area contributed by atoms with Crippen molar-refractivity contribution < 1.29 is 4.79 Å². The summed E-state index contributed by atoms with van der Waals surface area (Å²) in [4.78, 5) is 16.6. The first-order chi connectivity index (χ1) is 12.1. The number of halogens is 2. The lowest BCUT2D eigenvalue weighted by atomic mass is 10.2. The van der Waals surface area contributed by atoms with Gasteiger partial charge in [0.1, 0.15) is 4.34 Å². The number of nitrogens with zero attached hydrogens (tertiary/aromatic N) is 1. The molecule has 0 bridgehead atoms. The Kier molecular flexibility index (Phi) is 6.37. The van der Waals surface area contributed by atoms with Crippen molar-refractivity contribution in [2.24, 2.45) is 0 Å². The van der Waals surface area contributed by atoms with E-state index in [0.717, 1.165) is 26.5 Å². The summed E-state index contributed by atoms with van der Waals surface area (Å²) in [5, 5.41) is 6.13. The lowest BCUT2D eigenvalue weighted by Crippen LogP contribution is -2.14. The van der Waals surface area contributed by atoms with Crippen LogP contribution >= 0.6 is 46.3 Å². The molecule has 128 valence electrons. The van der Waals surface area contributed by atoms with E-state index in [0.29, 0.717) is 5.02 Å². The largest absolute Gasteiger partial charge is 0.326 e. The predicted octanol–water partition coefficient (Wildman–Crippen LogP) is 5.92. The number of hydrogen-bond donors (Lipinski definition) is 1. The Morgan fingerprint density at radius 1 is 1.04 bits per heavy atom. The van der Waals surface area contributed by atoms with Crippen LogP contribution < -0.4 is 5.32 Å². The van der Waals surface area contributed by atoms with Crippen molar-refractivity contribution >= 4 is 57.9 Å². The normalized spacial score (nSPS) is 10.6. The highest BCUT2D eigenvalue weighted by molar-refractivity contribution is 8.00. The van der Waals surface area contributed by atoms with Crippen LogP contribution in [0.15, 0.2) is 58.3 Å². The van der Waals surface area contributed by atoms with E-state index < -0.39 is 0 Å². The summed E-state index contributed by atoms with van der Waals surface area (Å²) >= 11 is 14.9. The monoisotopic (exact) mass is 408 g/mol. The average molecular weight is 409 g/mol. The number of carbonyl (C=O) groups is 1. The molecule has 0 spiro atoms. The molecule has 0 saturated carbocycles. The van der Waals surface area contributed by atoms with Crippen molar-refractivity contribution in [2.45, 2.75) is 16.5 Å². The molecule has 3 aromatic rings. The van der Waals surface area contributed by atoms with Gasteiger partial charge in [-0.3, -0.25) is 4.79 Å². The van der Waals surface area contributed by atoms with E-state index in [4.69, 9.17) is 23.2 Å². The standard InChI is InChI=1S/C18H14Cl2N2OS2/c19-13-3-1-12(2-4-13)10-24-18-22-16(11-25-18)9-17(23)21-15-7-5-14(20)6-8-15/h1-8,11H,9-10H2,(H,21,23). The van der Waals surface area contributed by atoms with Crippen LogP contribution in [0.2, 0.25) is 10.0 Å². The Hall–Kier alpha value is -1.53. The number of aromatic nitrogens is 1. The van der Waals surface area contributed by atoms with Crippen molar-refractivity contribution in [3.05, 3.63) is 75.2 Å². The minimum atomic E-state index is -0.0955. The Bertz CT molecular complexity index is 848. The molecule has 1 N–H and O–H groups in total. The summed E-state index contributed by atoms with van der Waals surface area (Å²) in [5.41, 5.74) is 2.68. The first kappa shape index (κ1) is 18.3. The fraction of sp³-hybridized carbons (Fsp3) is 0.111. The minimum absolute atomic E-state index is 0.0955. The smallest absolute Gasteiger partial charge is 0.230 e. The topological polar surface area (TPSA) is 42.0 Å². The second kappa shape index (κ2) is 8.72. The van der Waals surface area contributed by atoms with Crippen molar-refractivity contribution in [2.75, 3.05) is 5.32 Å². The minimum Gasteiger partial charge on any atom is -0.326 e. The van der Waals surface area contributed by atoms with E-state index in [9.17, 15) is 4.79 Å². The highest BCUT2D eigenvalue weighted by Crippen LogP contribution is 2.27. The van der Waals surface area contributed by atoms with Crippen LogP contribution in [0.3, 0.4) is 0 Å². The van der Waals surface area contributed by atoms with Crippen molar-refractivity contribution in [1.29, 1.82) is 0 Å². The maximum atomic E-state index is 12.1. The molecule has 0 atom stereocenters. The maximum Gasteiger partial charge on any atom is 0.230 e. The van der Waals surface area contributed by atoms with Gasteiger partial charge in [0.05, 0.1) is 12.1 Å². The summed E-state index contributed by atoms with van der Waals surface area (Å²) < 4.78 is 0.948. The average Bonchev–Trinajstić information content (AvgIpc) is 3.04. The second-order valence-corrected chi connectivity index (χ2v) is 8.21.